The zero-order valence-electron chi connectivity index (χ0n) is 4.76. The van der Waals surface area contributed by atoms with E-state index < -0.39 is 0 Å². The van der Waals surface area contributed by atoms with E-state index in [2.05, 4.69) is 10.2 Å². The van der Waals surface area contributed by atoms with Crippen molar-refractivity contribution in [1.29, 1.82) is 0 Å². The maximum atomic E-state index is 3.65. The van der Waals surface area contributed by atoms with E-state index in [1.54, 1.807) is 12.4 Å². The first-order valence-electron chi connectivity index (χ1n) is 2.41. The van der Waals surface area contributed by atoms with Crippen molar-refractivity contribution in [3.63, 3.8) is 0 Å². The van der Waals surface area contributed by atoms with E-state index in [0.29, 0.717) is 0 Å². The minimum atomic E-state index is 0.956. The van der Waals surface area contributed by atoms with Gasteiger partial charge >= 0.3 is 0 Å². The molecule has 0 aromatic heterocycles. The summed E-state index contributed by atoms with van der Waals surface area (Å²) in [5.41, 5.74) is 0. The lowest BCUT2D eigenvalue weighted by Crippen LogP contribution is -1.63. The molecule has 0 fully saturated rings. The van der Waals surface area contributed by atoms with Crippen LogP contribution in [0.1, 0.15) is 20.3 Å². The van der Waals surface area contributed by atoms with Gasteiger partial charge in [-0.1, -0.05) is 6.92 Å². The lowest BCUT2D eigenvalue weighted by Gasteiger charge is -1.70. The molecule has 40 valence electrons. The van der Waals surface area contributed by atoms with Gasteiger partial charge in [0.2, 0.25) is 0 Å². The summed E-state index contributed by atoms with van der Waals surface area (Å²) in [4.78, 5) is 0. The van der Waals surface area contributed by atoms with Gasteiger partial charge in [0, 0.05) is 12.4 Å². The molecule has 7 heavy (non-hydrogen) atoms. The van der Waals surface area contributed by atoms with Crippen LogP contribution in [0.5, 0.6) is 0 Å². The van der Waals surface area contributed by atoms with Crippen LogP contribution in [-0.2, 0) is 0 Å². The molecule has 0 unspecified atom stereocenters. The highest BCUT2D eigenvalue weighted by Crippen LogP contribution is 1.68. The summed E-state index contributed by atoms with van der Waals surface area (Å²) in [5.74, 6) is 0. The normalized spacial score (nSPS) is 11.7. The minimum Gasteiger partial charge on any atom is -0.164 e. The van der Waals surface area contributed by atoms with Crippen LogP contribution >= 0.6 is 0 Å². The maximum Gasteiger partial charge on any atom is 0.0267 e. The Labute approximate surface area is 44.0 Å². The Bertz CT molecular complexity index is 74.1. The number of hydrogen-bond donors (Lipinski definition) is 0. The predicted octanol–water partition coefficient (Wildman–Crippen LogP) is 1.47. The van der Waals surface area contributed by atoms with Crippen LogP contribution < -0.4 is 0 Å². The van der Waals surface area contributed by atoms with Crippen LogP contribution in [0.3, 0.4) is 0 Å². The van der Waals surface area contributed by atoms with Gasteiger partial charge in [0.25, 0.3) is 0 Å². The molecule has 0 atom stereocenters. The van der Waals surface area contributed by atoms with Crippen LogP contribution in [-0.4, -0.2) is 12.4 Å². The summed E-state index contributed by atoms with van der Waals surface area (Å²) < 4.78 is 0. The van der Waals surface area contributed by atoms with Gasteiger partial charge in [-0.05, 0) is 13.3 Å². The predicted molar refractivity (Wildman–Crippen MR) is 32.9 cm³/mol. The molecule has 0 saturated heterocycles. The Morgan fingerprint density at radius 1 is 1.43 bits per heavy atom. The average molecular weight is 98.1 g/mol. The lowest BCUT2D eigenvalue weighted by atomic mass is 10.6. The van der Waals surface area contributed by atoms with Crippen molar-refractivity contribution >= 4 is 12.4 Å². The minimum absolute atomic E-state index is 0.956. The first kappa shape index (κ1) is 6.34. The second kappa shape index (κ2) is 5.34. The van der Waals surface area contributed by atoms with Crippen LogP contribution in [0.25, 0.3) is 0 Å². The van der Waals surface area contributed by atoms with Crippen LogP contribution in [0.4, 0.5) is 0 Å². The summed E-state index contributed by atoms with van der Waals surface area (Å²) in [6, 6.07) is 0. The van der Waals surface area contributed by atoms with Gasteiger partial charge in [-0.15, -0.1) is 0 Å². The van der Waals surface area contributed by atoms with Crippen LogP contribution in [0.15, 0.2) is 10.2 Å². The summed E-state index contributed by atoms with van der Waals surface area (Å²) in [5, 5.41) is 7.26. The van der Waals surface area contributed by atoms with Gasteiger partial charge in [0.05, 0.1) is 0 Å². The Morgan fingerprint density at radius 2 is 2.14 bits per heavy atom. The van der Waals surface area contributed by atoms with E-state index in [0.717, 1.165) is 6.42 Å². The second-order valence-electron chi connectivity index (χ2n) is 1.08. The van der Waals surface area contributed by atoms with Crippen molar-refractivity contribution < 1.29 is 0 Å². The number of nitrogens with zero attached hydrogens (tertiary/aromatic N) is 2. The summed E-state index contributed by atoms with van der Waals surface area (Å²) in [6.07, 6.45) is 4.38. The van der Waals surface area contributed by atoms with Crippen molar-refractivity contribution in [1.82, 2.24) is 0 Å². The molecular formula is C5H10N2. The van der Waals surface area contributed by atoms with E-state index in [-0.39, 0.29) is 0 Å². The summed E-state index contributed by atoms with van der Waals surface area (Å²) >= 11 is 0. The van der Waals surface area contributed by atoms with Gasteiger partial charge in [0.1, 0.15) is 0 Å². The molecule has 0 amide bonds. The van der Waals surface area contributed by atoms with Gasteiger partial charge in [-0.25, -0.2) is 0 Å². The molecule has 0 heterocycles. The van der Waals surface area contributed by atoms with Gasteiger partial charge in [-0.2, -0.15) is 10.2 Å². The fourth-order valence-electron chi connectivity index (χ4n) is 0.195. The van der Waals surface area contributed by atoms with E-state index in [9.17, 15) is 0 Å². The van der Waals surface area contributed by atoms with E-state index in [1.165, 1.54) is 0 Å². The topological polar surface area (TPSA) is 24.7 Å². The molecule has 0 aliphatic rings. The van der Waals surface area contributed by atoms with Crippen LogP contribution in [0.2, 0.25) is 0 Å². The van der Waals surface area contributed by atoms with Crippen molar-refractivity contribution in [2.75, 3.05) is 0 Å². The Hall–Kier alpha value is -0.660. The molecule has 0 aromatic rings. The molecule has 0 bridgehead atoms. The summed E-state index contributed by atoms with van der Waals surface area (Å²) in [6.45, 7) is 3.86. The molecule has 2 nitrogen and oxygen atoms in total. The zero-order chi connectivity index (χ0) is 5.54. The maximum absolute atomic E-state index is 3.65. The van der Waals surface area contributed by atoms with E-state index in [1.807, 2.05) is 13.8 Å². The number of hydrogen-bond acceptors (Lipinski definition) is 2. The van der Waals surface area contributed by atoms with Gasteiger partial charge < -0.3 is 0 Å². The van der Waals surface area contributed by atoms with Crippen molar-refractivity contribution in [3.8, 4) is 0 Å². The van der Waals surface area contributed by atoms with Gasteiger partial charge in [-0.3, -0.25) is 0 Å². The first-order valence-corrected chi connectivity index (χ1v) is 2.41. The Kier molecular flexibility index (Phi) is 4.84. The first-order chi connectivity index (χ1) is 3.41. The molecule has 0 rings (SSSR count). The highest BCUT2D eigenvalue weighted by Gasteiger charge is 1.58. The van der Waals surface area contributed by atoms with Crippen molar-refractivity contribution in [2.45, 2.75) is 20.3 Å². The van der Waals surface area contributed by atoms with Crippen molar-refractivity contribution in [3.05, 3.63) is 0 Å². The fraction of sp³-hybridized carbons (Fsp3) is 0.600. The zero-order valence-corrected chi connectivity index (χ0v) is 4.76. The Balaban J connectivity index is 3.09. The highest BCUT2D eigenvalue weighted by molar-refractivity contribution is 5.59. The second-order valence-corrected chi connectivity index (χ2v) is 1.08. The Morgan fingerprint density at radius 3 is 2.57 bits per heavy atom. The summed E-state index contributed by atoms with van der Waals surface area (Å²) in [7, 11) is 0. The third-order valence-electron chi connectivity index (χ3n) is 0.446. The molecule has 0 N–H and O–H groups in total. The highest BCUT2D eigenvalue weighted by atomic mass is 15.2. The molecule has 2 heteroatoms. The largest absolute Gasteiger partial charge is 0.164 e. The SMILES string of the molecule is C/C=N/N=C/CC. The molecule has 0 saturated carbocycles. The standard InChI is InChI=1S/C5H10N2/c1-3-5-7-6-4-2/h4-5H,3H2,1-2H3/b6-4+,7-5+. The van der Waals surface area contributed by atoms with E-state index in [4.69, 9.17) is 0 Å². The third kappa shape index (κ3) is 5.34. The fourth-order valence-corrected chi connectivity index (χ4v) is 0.195. The van der Waals surface area contributed by atoms with E-state index >= 15 is 0 Å². The number of rotatable bonds is 2. The lowest BCUT2D eigenvalue weighted by molar-refractivity contribution is 1.21. The molecular weight excluding hydrogens is 88.1 g/mol. The smallest absolute Gasteiger partial charge is 0.0267 e. The average Bonchev–Trinajstić information content (AvgIpc) is 1.69. The molecule has 0 spiro atoms. The third-order valence-corrected chi connectivity index (χ3v) is 0.446. The van der Waals surface area contributed by atoms with Crippen molar-refractivity contribution in [2.24, 2.45) is 10.2 Å². The van der Waals surface area contributed by atoms with Crippen LogP contribution in [0, 0.1) is 0 Å². The molecule has 0 aromatic carbocycles. The van der Waals surface area contributed by atoms with Gasteiger partial charge in [0.15, 0.2) is 0 Å². The monoisotopic (exact) mass is 98.1 g/mol. The molecule has 0 aliphatic carbocycles. The molecule has 0 aliphatic heterocycles. The molecule has 0 radical (unpaired) electrons. The quantitative estimate of drug-likeness (QED) is 0.369.